The first-order chi connectivity index (χ1) is 6.74. The molecule has 1 aromatic carbocycles. The van der Waals surface area contributed by atoms with Crippen LogP contribution in [-0.4, -0.2) is 13.1 Å². The Labute approximate surface area is 82.2 Å². The first kappa shape index (κ1) is 10.5. The molecule has 0 aliphatic rings. The number of amides is 2. The lowest BCUT2D eigenvalue weighted by atomic mass is 10.2. The predicted molar refractivity (Wildman–Crippen MR) is 53.5 cm³/mol. The van der Waals surface area contributed by atoms with Gasteiger partial charge in [-0.25, -0.2) is 4.79 Å². The summed E-state index contributed by atoms with van der Waals surface area (Å²) in [5.41, 5.74) is 9.30. The Morgan fingerprint density at radius 3 is 2.86 bits per heavy atom. The molecule has 0 saturated carbocycles. The lowest BCUT2D eigenvalue weighted by Crippen LogP contribution is -2.21. The Morgan fingerprint density at radius 2 is 2.21 bits per heavy atom. The molecule has 0 bridgehead atoms. The maximum Gasteiger partial charge on any atom is 0.316 e. The molecule has 4 N–H and O–H groups in total. The maximum absolute atomic E-state index is 10.7. The Morgan fingerprint density at radius 1 is 1.50 bits per heavy atom. The van der Waals surface area contributed by atoms with Crippen molar-refractivity contribution in [3.05, 3.63) is 29.8 Å². The normalized spacial score (nSPS) is 9.79. The first-order valence-corrected chi connectivity index (χ1v) is 4.14. The van der Waals surface area contributed by atoms with Crippen molar-refractivity contribution in [3.8, 4) is 0 Å². The number of nitrogens with two attached hydrogens (primary N) is 1. The third-order valence-electron chi connectivity index (χ3n) is 1.68. The van der Waals surface area contributed by atoms with Crippen LogP contribution in [0.1, 0.15) is 5.56 Å². The SMILES string of the molecule is CONCc1ccccc1NC(N)=O. The number of hydroxylamine groups is 1. The molecule has 5 nitrogen and oxygen atoms in total. The summed E-state index contributed by atoms with van der Waals surface area (Å²) in [6, 6.07) is 6.77. The van der Waals surface area contributed by atoms with Gasteiger partial charge in [0, 0.05) is 12.2 Å². The maximum atomic E-state index is 10.7. The van der Waals surface area contributed by atoms with E-state index in [4.69, 9.17) is 10.6 Å². The van der Waals surface area contributed by atoms with Gasteiger partial charge in [-0.05, 0) is 11.6 Å². The minimum absolute atomic E-state index is 0.507. The van der Waals surface area contributed by atoms with Gasteiger partial charge in [0.2, 0.25) is 0 Å². The van der Waals surface area contributed by atoms with Crippen LogP contribution in [0.2, 0.25) is 0 Å². The molecule has 0 fully saturated rings. The van der Waals surface area contributed by atoms with Crippen molar-refractivity contribution < 1.29 is 9.63 Å². The number of primary amides is 1. The molecule has 0 aromatic heterocycles. The summed E-state index contributed by atoms with van der Waals surface area (Å²) in [6.07, 6.45) is 0. The van der Waals surface area contributed by atoms with Crippen molar-refractivity contribution in [1.82, 2.24) is 5.48 Å². The van der Waals surface area contributed by atoms with Gasteiger partial charge in [-0.15, -0.1) is 0 Å². The molecule has 0 atom stereocenters. The molecular formula is C9H13N3O2. The molecule has 2 amide bonds. The van der Waals surface area contributed by atoms with Gasteiger partial charge in [0.15, 0.2) is 0 Å². The van der Waals surface area contributed by atoms with E-state index in [1.165, 1.54) is 7.11 Å². The molecule has 1 aromatic rings. The topological polar surface area (TPSA) is 76.4 Å². The minimum atomic E-state index is -0.574. The lowest BCUT2D eigenvalue weighted by Gasteiger charge is -2.09. The quantitative estimate of drug-likeness (QED) is 0.623. The summed E-state index contributed by atoms with van der Waals surface area (Å²) >= 11 is 0. The van der Waals surface area contributed by atoms with Crippen LogP contribution in [0.4, 0.5) is 10.5 Å². The van der Waals surface area contributed by atoms with Crippen molar-refractivity contribution in [2.24, 2.45) is 5.73 Å². The number of benzene rings is 1. The minimum Gasteiger partial charge on any atom is -0.351 e. The smallest absolute Gasteiger partial charge is 0.316 e. The van der Waals surface area contributed by atoms with E-state index in [2.05, 4.69) is 10.8 Å². The van der Waals surface area contributed by atoms with Crippen LogP contribution in [-0.2, 0) is 11.4 Å². The number of carbonyl (C=O) groups is 1. The van der Waals surface area contributed by atoms with E-state index in [1.807, 2.05) is 18.2 Å². The zero-order valence-electron chi connectivity index (χ0n) is 7.91. The van der Waals surface area contributed by atoms with Crippen molar-refractivity contribution >= 4 is 11.7 Å². The molecule has 0 aliphatic heterocycles. The van der Waals surface area contributed by atoms with Crippen molar-refractivity contribution in [2.75, 3.05) is 12.4 Å². The van der Waals surface area contributed by atoms with E-state index in [-0.39, 0.29) is 0 Å². The average molecular weight is 195 g/mol. The Balaban J connectivity index is 2.74. The zero-order valence-corrected chi connectivity index (χ0v) is 7.91. The Hall–Kier alpha value is -1.59. The third-order valence-corrected chi connectivity index (χ3v) is 1.68. The van der Waals surface area contributed by atoms with Gasteiger partial charge in [0.05, 0.1) is 7.11 Å². The fraction of sp³-hybridized carbons (Fsp3) is 0.222. The van der Waals surface area contributed by atoms with Gasteiger partial charge in [0.1, 0.15) is 0 Å². The molecular weight excluding hydrogens is 182 g/mol. The van der Waals surface area contributed by atoms with Crippen LogP contribution < -0.4 is 16.5 Å². The van der Waals surface area contributed by atoms with Gasteiger partial charge >= 0.3 is 6.03 Å². The van der Waals surface area contributed by atoms with E-state index in [0.717, 1.165) is 5.56 Å². The second-order valence-corrected chi connectivity index (χ2v) is 2.67. The van der Waals surface area contributed by atoms with Crippen LogP contribution in [0.5, 0.6) is 0 Å². The van der Waals surface area contributed by atoms with Crippen LogP contribution in [0.25, 0.3) is 0 Å². The molecule has 1 rings (SSSR count). The van der Waals surface area contributed by atoms with E-state index in [1.54, 1.807) is 6.07 Å². The summed E-state index contributed by atoms with van der Waals surface area (Å²) in [5, 5.41) is 2.53. The van der Waals surface area contributed by atoms with Crippen molar-refractivity contribution in [2.45, 2.75) is 6.54 Å². The fourth-order valence-electron chi connectivity index (χ4n) is 1.08. The summed E-state index contributed by atoms with van der Waals surface area (Å²) in [4.78, 5) is 15.4. The summed E-state index contributed by atoms with van der Waals surface area (Å²) in [5.74, 6) is 0. The number of nitrogens with one attached hydrogen (secondary N) is 2. The average Bonchev–Trinajstić information content (AvgIpc) is 2.16. The largest absolute Gasteiger partial charge is 0.351 e. The second kappa shape index (κ2) is 5.21. The number of hydrogen-bond donors (Lipinski definition) is 3. The van der Waals surface area contributed by atoms with E-state index < -0.39 is 6.03 Å². The van der Waals surface area contributed by atoms with E-state index in [0.29, 0.717) is 12.2 Å². The highest BCUT2D eigenvalue weighted by Gasteiger charge is 2.02. The highest BCUT2D eigenvalue weighted by molar-refractivity contribution is 5.88. The zero-order chi connectivity index (χ0) is 10.4. The first-order valence-electron chi connectivity index (χ1n) is 4.14. The molecule has 0 saturated heterocycles. The molecule has 0 heterocycles. The predicted octanol–water partition coefficient (Wildman–Crippen LogP) is 0.828. The number of para-hydroxylation sites is 1. The van der Waals surface area contributed by atoms with Gasteiger partial charge in [-0.1, -0.05) is 18.2 Å². The van der Waals surface area contributed by atoms with Crippen LogP contribution >= 0.6 is 0 Å². The van der Waals surface area contributed by atoms with Gasteiger partial charge in [-0.3, -0.25) is 0 Å². The van der Waals surface area contributed by atoms with Crippen LogP contribution in [0.3, 0.4) is 0 Å². The molecule has 0 aliphatic carbocycles. The number of carbonyl (C=O) groups excluding carboxylic acids is 1. The highest BCUT2D eigenvalue weighted by atomic mass is 16.6. The monoisotopic (exact) mass is 195 g/mol. The van der Waals surface area contributed by atoms with Crippen molar-refractivity contribution in [3.63, 3.8) is 0 Å². The molecule has 0 radical (unpaired) electrons. The summed E-state index contributed by atoms with van der Waals surface area (Å²) < 4.78 is 0. The number of anilines is 1. The van der Waals surface area contributed by atoms with Crippen LogP contribution in [0.15, 0.2) is 24.3 Å². The fourth-order valence-corrected chi connectivity index (χ4v) is 1.08. The van der Waals surface area contributed by atoms with Gasteiger partial charge in [0.25, 0.3) is 0 Å². The highest BCUT2D eigenvalue weighted by Crippen LogP contribution is 2.13. The Kier molecular flexibility index (Phi) is 3.90. The van der Waals surface area contributed by atoms with Gasteiger partial charge < -0.3 is 15.9 Å². The second-order valence-electron chi connectivity index (χ2n) is 2.67. The van der Waals surface area contributed by atoms with Crippen molar-refractivity contribution in [1.29, 1.82) is 0 Å². The Bertz CT molecular complexity index is 315. The number of hydrogen-bond acceptors (Lipinski definition) is 3. The molecule has 0 unspecified atom stereocenters. The number of rotatable bonds is 4. The lowest BCUT2D eigenvalue weighted by molar-refractivity contribution is 0.0868. The van der Waals surface area contributed by atoms with E-state index >= 15 is 0 Å². The molecule has 14 heavy (non-hydrogen) atoms. The van der Waals surface area contributed by atoms with Crippen LogP contribution in [0, 0.1) is 0 Å². The molecule has 5 heteroatoms. The number of urea groups is 1. The molecule has 0 spiro atoms. The summed E-state index contributed by atoms with van der Waals surface area (Å²) in [7, 11) is 1.53. The van der Waals surface area contributed by atoms with Gasteiger partial charge in [-0.2, -0.15) is 5.48 Å². The van der Waals surface area contributed by atoms with E-state index in [9.17, 15) is 4.79 Å². The summed E-state index contributed by atoms with van der Waals surface area (Å²) in [6.45, 7) is 0.507. The standard InChI is InChI=1S/C9H13N3O2/c1-14-11-6-7-4-2-3-5-8(7)12-9(10)13/h2-5,11H,6H2,1H3,(H3,10,12,13). The third kappa shape index (κ3) is 3.04. The molecule has 76 valence electrons.